The maximum absolute atomic E-state index is 13.1. The molecule has 2 aliphatic heterocycles. The number of hydrogen-bond acceptors (Lipinski definition) is 7. The third-order valence-electron chi connectivity index (χ3n) is 7.81. The molecule has 0 aliphatic carbocycles. The molecule has 4 aromatic rings. The van der Waals surface area contributed by atoms with Crippen molar-refractivity contribution in [2.45, 2.75) is 13.1 Å². The molecule has 0 saturated carbocycles. The first-order valence-corrected chi connectivity index (χ1v) is 13.9. The van der Waals surface area contributed by atoms with E-state index in [2.05, 4.69) is 68.3 Å². The number of piperazine rings is 1. The molecule has 0 unspecified atom stereocenters. The molecule has 2 fully saturated rings. The number of nitrogens with zero attached hydrogens (tertiary/aromatic N) is 6. The summed E-state index contributed by atoms with van der Waals surface area (Å²) in [5.41, 5.74) is 5.39. The van der Waals surface area contributed by atoms with Gasteiger partial charge in [0.05, 0.1) is 32.6 Å². The minimum Gasteiger partial charge on any atom is -0.497 e. The number of anilines is 2. The Bertz CT molecular complexity index is 1430. The van der Waals surface area contributed by atoms with Crippen molar-refractivity contribution in [3.63, 3.8) is 0 Å². The van der Waals surface area contributed by atoms with E-state index in [1.807, 2.05) is 24.3 Å². The third kappa shape index (κ3) is 5.90. The lowest BCUT2D eigenvalue weighted by molar-refractivity contribution is 0.0342. The second-order valence-corrected chi connectivity index (χ2v) is 10.3. The summed E-state index contributed by atoms with van der Waals surface area (Å²) in [6.45, 7) is 8.69. The van der Waals surface area contributed by atoms with Crippen LogP contribution in [0.5, 0.6) is 5.75 Å². The van der Waals surface area contributed by atoms with E-state index in [4.69, 9.17) is 9.47 Å². The van der Waals surface area contributed by atoms with Gasteiger partial charge >= 0.3 is 5.69 Å². The van der Waals surface area contributed by atoms with Gasteiger partial charge in [0.25, 0.3) is 0 Å². The van der Waals surface area contributed by atoms with Crippen LogP contribution in [0.1, 0.15) is 11.1 Å². The van der Waals surface area contributed by atoms with Gasteiger partial charge in [-0.15, -0.1) is 0 Å². The zero-order valence-corrected chi connectivity index (χ0v) is 23.0. The Balaban J connectivity index is 1.05. The first-order valence-electron chi connectivity index (χ1n) is 13.9. The number of aromatic nitrogens is 3. The SMILES string of the molecule is COc1ccc(N2CCN(c3ccc(-n4cnn(Cc5ccc(CN6CCOCC6)cc5)c4=O)cc3)CC2)cc1. The topological polar surface area (TPSA) is 68.0 Å². The highest BCUT2D eigenvalue weighted by atomic mass is 16.5. The van der Waals surface area contributed by atoms with Gasteiger partial charge in [-0.3, -0.25) is 4.90 Å². The van der Waals surface area contributed by atoms with Crippen molar-refractivity contribution >= 4 is 11.4 Å². The standard InChI is InChI=1S/C31H36N6O3/c1-39-30-12-10-28(11-13-30)35-16-14-34(15-17-35)27-6-8-29(9-7-27)36-24-32-37(31(36)38)23-26-4-2-25(3-5-26)22-33-18-20-40-21-19-33/h2-13,24H,14-23H2,1H3. The zero-order valence-electron chi connectivity index (χ0n) is 23.0. The van der Waals surface area contributed by atoms with Crippen LogP contribution in [0.25, 0.3) is 5.69 Å². The van der Waals surface area contributed by atoms with Crippen LogP contribution >= 0.6 is 0 Å². The van der Waals surface area contributed by atoms with Gasteiger partial charge in [-0.1, -0.05) is 24.3 Å². The zero-order chi connectivity index (χ0) is 27.3. The first kappa shape index (κ1) is 26.2. The fourth-order valence-electron chi connectivity index (χ4n) is 5.40. The van der Waals surface area contributed by atoms with Crippen molar-refractivity contribution in [3.05, 3.63) is 101 Å². The molecule has 3 aromatic carbocycles. The highest BCUT2D eigenvalue weighted by Crippen LogP contribution is 2.23. The van der Waals surface area contributed by atoms with Gasteiger partial charge in [0.15, 0.2) is 0 Å². The molecule has 1 aromatic heterocycles. The maximum atomic E-state index is 13.1. The smallest absolute Gasteiger partial charge is 0.350 e. The van der Waals surface area contributed by atoms with Gasteiger partial charge in [0, 0.05) is 57.2 Å². The molecule has 2 aliphatic rings. The highest BCUT2D eigenvalue weighted by molar-refractivity contribution is 5.54. The quantitative estimate of drug-likeness (QED) is 0.340. The van der Waals surface area contributed by atoms with E-state index in [0.717, 1.165) is 81.7 Å². The summed E-state index contributed by atoms with van der Waals surface area (Å²) < 4.78 is 13.8. The number of ether oxygens (including phenoxy) is 2. The Hall–Kier alpha value is -4.08. The summed E-state index contributed by atoms with van der Waals surface area (Å²) in [6, 6.07) is 24.9. The van der Waals surface area contributed by atoms with Crippen molar-refractivity contribution in [2.75, 3.05) is 69.4 Å². The summed E-state index contributed by atoms with van der Waals surface area (Å²) in [5.74, 6) is 0.876. The predicted octanol–water partition coefficient (Wildman–Crippen LogP) is 3.25. The molecular formula is C31H36N6O3. The molecule has 3 heterocycles. The van der Waals surface area contributed by atoms with Crippen molar-refractivity contribution in [2.24, 2.45) is 0 Å². The summed E-state index contributed by atoms with van der Waals surface area (Å²) >= 11 is 0. The van der Waals surface area contributed by atoms with Crippen LogP contribution in [-0.2, 0) is 17.8 Å². The van der Waals surface area contributed by atoms with Crippen LogP contribution in [0.2, 0.25) is 0 Å². The lowest BCUT2D eigenvalue weighted by Crippen LogP contribution is -2.46. The number of benzene rings is 3. The highest BCUT2D eigenvalue weighted by Gasteiger charge is 2.18. The number of methoxy groups -OCH3 is 1. The molecule has 0 bridgehead atoms. The average molecular weight is 541 g/mol. The monoisotopic (exact) mass is 540 g/mol. The molecule has 40 heavy (non-hydrogen) atoms. The van der Waals surface area contributed by atoms with Crippen LogP contribution in [0.15, 0.2) is 83.9 Å². The fourth-order valence-corrected chi connectivity index (χ4v) is 5.40. The van der Waals surface area contributed by atoms with Gasteiger partial charge in [-0.25, -0.2) is 14.0 Å². The maximum Gasteiger partial charge on any atom is 0.350 e. The van der Waals surface area contributed by atoms with E-state index in [1.165, 1.54) is 15.9 Å². The van der Waals surface area contributed by atoms with Gasteiger partial charge < -0.3 is 19.3 Å². The van der Waals surface area contributed by atoms with Crippen molar-refractivity contribution in [3.8, 4) is 11.4 Å². The van der Waals surface area contributed by atoms with Gasteiger partial charge in [0.2, 0.25) is 0 Å². The van der Waals surface area contributed by atoms with E-state index >= 15 is 0 Å². The molecule has 0 spiro atoms. The minimum absolute atomic E-state index is 0.141. The van der Waals surface area contributed by atoms with Crippen LogP contribution in [-0.4, -0.2) is 78.8 Å². The molecule has 0 radical (unpaired) electrons. The lowest BCUT2D eigenvalue weighted by atomic mass is 10.1. The van der Waals surface area contributed by atoms with Crippen molar-refractivity contribution in [1.29, 1.82) is 0 Å². The second kappa shape index (κ2) is 12.0. The van der Waals surface area contributed by atoms with E-state index < -0.39 is 0 Å². The van der Waals surface area contributed by atoms with E-state index in [9.17, 15) is 4.79 Å². The fraction of sp³-hybridized carbons (Fsp3) is 0.355. The summed E-state index contributed by atoms with van der Waals surface area (Å²) in [6.07, 6.45) is 1.61. The number of rotatable bonds is 8. The molecular weight excluding hydrogens is 504 g/mol. The molecule has 6 rings (SSSR count). The van der Waals surface area contributed by atoms with Crippen LogP contribution in [0.3, 0.4) is 0 Å². The Kier molecular flexibility index (Phi) is 7.83. The van der Waals surface area contributed by atoms with Crippen molar-refractivity contribution in [1.82, 2.24) is 19.2 Å². The largest absolute Gasteiger partial charge is 0.497 e. The summed E-state index contributed by atoms with van der Waals surface area (Å²) in [4.78, 5) is 20.3. The molecule has 0 N–H and O–H groups in total. The van der Waals surface area contributed by atoms with Gasteiger partial charge in [-0.2, -0.15) is 5.10 Å². The Morgan fingerprint density at radius 1 is 0.700 bits per heavy atom. The Morgan fingerprint density at radius 2 is 1.23 bits per heavy atom. The van der Waals surface area contributed by atoms with Crippen LogP contribution in [0, 0.1) is 0 Å². The summed E-state index contributed by atoms with van der Waals surface area (Å²) in [5, 5.41) is 4.38. The van der Waals surface area contributed by atoms with Crippen molar-refractivity contribution < 1.29 is 9.47 Å². The second-order valence-electron chi connectivity index (χ2n) is 10.3. The molecule has 2 saturated heterocycles. The van der Waals surface area contributed by atoms with E-state index in [0.29, 0.717) is 6.54 Å². The Morgan fingerprint density at radius 3 is 1.80 bits per heavy atom. The van der Waals surface area contributed by atoms with Crippen LogP contribution < -0.4 is 20.2 Å². The molecule has 0 atom stereocenters. The van der Waals surface area contributed by atoms with Crippen LogP contribution in [0.4, 0.5) is 11.4 Å². The number of morpholine rings is 1. The van der Waals surface area contributed by atoms with Gasteiger partial charge in [-0.05, 0) is 59.7 Å². The molecule has 0 amide bonds. The molecule has 9 nitrogen and oxygen atoms in total. The van der Waals surface area contributed by atoms with E-state index in [-0.39, 0.29) is 5.69 Å². The number of hydrogen-bond donors (Lipinski definition) is 0. The summed E-state index contributed by atoms with van der Waals surface area (Å²) in [7, 11) is 1.69. The molecule has 208 valence electrons. The third-order valence-corrected chi connectivity index (χ3v) is 7.81. The lowest BCUT2D eigenvalue weighted by Gasteiger charge is -2.37. The first-order chi connectivity index (χ1) is 19.7. The molecule has 9 heteroatoms. The minimum atomic E-state index is -0.141. The Labute approximate surface area is 234 Å². The average Bonchev–Trinajstić information content (AvgIpc) is 3.38. The normalized spacial score (nSPS) is 16.3. The van der Waals surface area contributed by atoms with Gasteiger partial charge in [0.1, 0.15) is 12.1 Å². The predicted molar refractivity (Wildman–Crippen MR) is 157 cm³/mol. The van der Waals surface area contributed by atoms with E-state index in [1.54, 1.807) is 18.0 Å².